The zero-order valence-electron chi connectivity index (χ0n) is 10.6. The molecule has 4 rings (SSSR count). The first-order chi connectivity index (χ1) is 9.18. The predicted octanol–water partition coefficient (Wildman–Crippen LogP) is 2.16. The van der Waals surface area contributed by atoms with E-state index in [0.717, 1.165) is 22.6 Å². The van der Waals surface area contributed by atoms with Crippen molar-refractivity contribution in [3.8, 4) is 0 Å². The molecule has 3 aromatic carbocycles. The van der Waals surface area contributed by atoms with Gasteiger partial charge in [0.05, 0.1) is 0 Å². The maximum Gasteiger partial charge on any atom is 0.234 e. The van der Waals surface area contributed by atoms with Crippen LogP contribution >= 0.6 is 0 Å². The van der Waals surface area contributed by atoms with Crippen LogP contribution in [0.3, 0.4) is 0 Å². The molecule has 0 N–H and O–H groups in total. The topological polar surface area (TPSA) is 34.1 Å². The summed E-state index contributed by atoms with van der Waals surface area (Å²) in [5.41, 5.74) is 0.480. The maximum atomic E-state index is 12.2. The fourth-order valence-electron chi connectivity index (χ4n) is 3.26. The first kappa shape index (κ1) is 10.7. The molecule has 0 spiro atoms. The fourth-order valence-corrected chi connectivity index (χ4v) is 3.26. The van der Waals surface area contributed by atoms with Gasteiger partial charge < -0.3 is 0 Å². The molecule has 1 aliphatic carbocycles. The Morgan fingerprint density at radius 3 is 2.68 bits per heavy atom. The molecule has 2 nitrogen and oxygen atoms in total. The molecule has 0 saturated carbocycles. The molecule has 0 heterocycles. The normalized spacial score (nSPS) is 17.8. The van der Waals surface area contributed by atoms with Crippen molar-refractivity contribution >= 4 is 27.6 Å². The van der Waals surface area contributed by atoms with Crippen LogP contribution in [0.25, 0.3) is 27.6 Å². The third-order valence-electron chi connectivity index (χ3n) is 4.25. The van der Waals surface area contributed by atoms with E-state index in [0.29, 0.717) is 16.5 Å². The lowest BCUT2D eigenvalue weighted by molar-refractivity contribution is 0.802. The van der Waals surface area contributed by atoms with Crippen molar-refractivity contribution in [1.82, 2.24) is 0 Å². The van der Waals surface area contributed by atoms with Gasteiger partial charge in [0.1, 0.15) is 0 Å². The Hall–Kier alpha value is -2.22. The highest BCUT2D eigenvalue weighted by molar-refractivity contribution is 6.11. The molecule has 0 radical (unpaired) electrons. The summed E-state index contributed by atoms with van der Waals surface area (Å²) in [7, 11) is 0. The van der Waals surface area contributed by atoms with Gasteiger partial charge in [-0.25, -0.2) is 0 Å². The van der Waals surface area contributed by atoms with Gasteiger partial charge in [-0.1, -0.05) is 43.3 Å². The van der Waals surface area contributed by atoms with Crippen LogP contribution in [0.5, 0.6) is 0 Å². The van der Waals surface area contributed by atoms with Gasteiger partial charge in [0.2, 0.25) is 10.9 Å². The van der Waals surface area contributed by atoms with Crippen LogP contribution in [-0.2, 0) is 0 Å². The van der Waals surface area contributed by atoms with Gasteiger partial charge in [0.25, 0.3) is 0 Å². The second kappa shape index (κ2) is 3.41. The monoisotopic (exact) mass is 248 g/mol. The Balaban J connectivity index is 2.52. The lowest BCUT2D eigenvalue weighted by Crippen LogP contribution is -2.39. The molecular formula is C17H12O2. The van der Waals surface area contributed by atoms with E-state index in [1.165, 1.54) is 5.56 Å². The second-order valence-corrected chi connectivity index (χ2v) is 5.35. The Bertz CT molecular complexity index is 986. The number of benzene rings is 3. The molecule has 92 valence electrons. The molecule has 0 aromatic heterocycles. The van der Waals surface area contributed by atoms with Gasteiger partial charge in [-0.15, -0.1) is 0 Å². The highest BCUT2D eigenvalue weighted by Gasteiger charge is 2.19. The zero-order valence-corrected chi connectivity index (χ0v) is 10.6. The number of hydrogen-bond acceptors (Lipinski definition) is 2. The molecule has 3 aromatic rings. The molecule has 1 atom stereocenters. The van der Waals surface area contributed by atoms with E-state index < -0.39 is 0 Å². The van der Waals surface area contributed by atoms with Gasteiger partial charge in [0, 0.05) is 16.0 Å². The van der Waals surface area contributed by atoms with Crippen molar-refractivity contribution in [2.45, 2.75) is 19.3 Å². The summed E-state index contributed by atoms with van der Waals surface area (Å²) in [6.07, 6.45) is 2.76. The van der Waals surface area contributed by atoms with Crippen molar-refractivity contribution in [3.05, 3.63) is 61.6 Å². The summed E-state index contributed by atoms with van der Waals surface area (Å²) in [5, 5.41) is 4.17. The van der Waals surface area contributed by atoms with Crippen molar-refractivity contribution in [3.63, 3.8) is 0 Å². The predicted molar refractivity (Wildman–Crippen MR) is 77.9 cm³/mol. The molecule has 0 amide bonds. The first-order valence-corrected chi connectivity index (χ1v) is 6.53. The van der Waals surface area contributed by atoms with Crippen LogP contribution in [0.2, 0.25) is 0 Å². The smallest absolute Gasteiger partial charge is 0.234 e. The molecule has 0 saturated heterocycles. The van der Waals surface area contributed by atoms with Crippen molar-refractivity contribution in [2.75, 3.05) is 0 Å². The minimum absolute atomic E-state index is 0.348. The van der Waals surface area contributed by atoms with Crippen LogP contribution in [0.1, 0.15) is 24.8 Å². The van der Waals surface area contributed by atoms with Crippen molar-refractivity contribution in [2.24, 2.45) is 0 Å². The van der Waals surface area contributed by atoms with Crippen LogP contribution in [0.4, 0.5) is 0 Å². The van der Waals surface area contributed by atoms with E-state index in [1.54, 1.807) is 6.07 Å². The standard InChI is InChI=1S/C17H12O2/c1-9-5-7-13-15-11(9)8-6-10-3-2-4-12(14(10)15)16(18)17(13)19/h2-4,6-9H,5H2,1H3. The van der Waals surface area contributed by atoms with Crippen LogP contribution in [-0.4, -0.2) is 0 Å². The highest BCUT2D eigenvalue weighted by atomic mass is 16.2. The molecule has 0 bridgehead atoms. The minimum Gasteiger partial charge on any atom is -0.285 e. The van der Waals surface area contributed by atoms with Gasteiger partial charge >= 0.3 is 0 Å². The Morgan fingerprint density at radius 2 is 1.84 bits per heavy atom. The van der Waals surface area contributed by atoms with E-state index in [4.69, 9.17) is 0 Å². The third kappa shape index (κ3) is 1.21. The van der Waals surface area contributed by atoms with Crippen LogP contribution in [0, 0.1) is 0 Å². The lowest BCUT2D eigenvalue weighted by atomic mass is 9.84. The second-order valence-electron chi connectivity index (χ2n) is 5.35. The summed E-state index contributed by atoms with van der Waals surface area (Å²) >= 11 is 0. The molecule has 2 heteroatoms. The summed E-state index contributed by atoms with van der Waals surface area (Å²) in [4.78, 5) is 24.4. The van der Waals surface area contributed by atoms with Gasteiger partial charge in [0.15, 0.2) is 0 Å². The van der Waals surface area contributed by atoms with E-state index in [9.17, 15) is 9.59 Å². The van der Waals surface area contributed by atoms with E-state index in [-0.39, 0.29) is 10.9 Å². The third-order valence-corrected chi connectivity index (χ3v) is 4.25. The lowest BCUT2D eigenvalue weighted by Gasteiger charge is -2.19. The average Bonchev–Trinajstić information content (AvgIpc) is 2.44. The molecule has 1 unspecified atom stereocenters. The van der Waals surface area contributed by atoms with Crippen LogP contribution in [0.15, 0.2) is 39.9 Å². The summed E-state index contributed by atoms with van der Waals surface area (Å²) in [5.74, 6) is 0.400. The van der Waals surface area contributed by atoms with E-state index >= 15 is 0 Å². The molecule has 1 aliphatic rings. The van der Waals surface area contributed by atoms with Gasteiger partial charge in [-0.2, -0.15) is 0 Å². The average molecular weight is 248 g/mol. The first-order valence-electron chi connectivity index (χ1n) is 6.53. The Morgan fingerprint density at radius 1 is 1.00 bits per heavy atom. The van der Waals surface area contributed by atoms with Gasteiger partial charge in [-0.05, 0) is 28.7 Å². The molecular weight excluding hydrogens is 236 g/mol. The fraction of sp³-hybridized carbons (Fsp3) is 0.176. The van der Waals surface area contributed by atoms with E-state index in [2.05, 4.69) is 19.1 Å². The molecule has 19 heavy (non-hydrogen) atoms. The largest absolute Gasteiger partial charge is 0.285 e. The van der Waals surface area contributed by atoms with Crippen molar-refractivity contribution < 1.29 is 0 Å². The molecule has 0 fully saturated rings. The van der Waals surface area contributed by atoms with Crippen LogP contribution < -0.4 is 16.1 Å². The number of rotatable bonds is 0. The maximum absolute atomic E-state index is 12.2. The molecule has 0 aliphatic heterocycles. The SMILES string of the molecule is CC1CC=c2c(=O)c(=O)c3cccc4ccc1c2c43. The summed E-state index contributed by atoms with van der Waals surface area (Å²) in [6.45, 7) is 2.16. The quantitative estimate of drug-likeness (QED) is 0.571. The zero-order chi connectivity index (χ0) is 13.1. The minimum atomic E-state index is -0.365. The van der Waals surface area contributed by atoms with E-state index in [1.807, 2.05) is 18.2 Å². The summed E-state index contributed by atoms with van der Waals surface area (Å²) < 4.78 is 0. The summed E-state index contributed by atoms with van der Waals surface area (Å²) in [6, 6.07) is 9.76. The van der Waals surface area contributed by atoms with Gasteiger partial charge in [-0.3, -0.25) is 9.59 Å². The Labute approximate surface area is 109 Å². The Kier molecular flexibility index (Phi) is 1.92. The number of hydrogen-bond donors (Lipinski definition) is 0. The highest BCUT2D eigenvalue weighted by Crippen LogP contribution is 2.32. The van der Waals surface area contributed by atoms with Crippen molar-refractivity contribution in [1.29, 1.82) is 0 Å².